The lowest BCUT2D eigenvalue weighted by molar-refractivity contribution is 0.211. The predicted molar refractivity (Wildman–Crippen MR) is 84.2 cm³/mol. The molecule has 0 heterocycles. The molecular weight excluding hydrogens is 232 g/mol. The van der Waals surface area contributed by atoms with Crippen molar-refractivity contribution >= 4 is 0 Å². The molecule has 0 amide bonds. The molecule has 1 aromatic carbocycles. The number of nitrogens with zero attached hydrogens (tertiary/aromatic N) is 1. The van der Waals surface area contributed by atoms with Crippen molar-refractivity contribution in [2.75, 3.05) is 19.6 Å². The molecule has 0 fully saturated rings. The molecule has 19 heavy (non-hydrogen) atoms. The minimum atomic E-state index is 0.718. The van der Waals surface area contributed by atoms with Crippen molar-refractivity contribution in [3.8, 4) is 0 Å². The van der Waals surface area contributed by atoms with Gasteiger partial charge in [0.15, 0.2) is 0 Å². The average Bonchev–Trinajstić information content (AvgIpc) is 2.30. The van der Waals surface area contributed by atoms with Gasteiger partial charge in [-0.1, -0.05) is 52.0 Å². The maximum absolute atomic E-state index is 5.58. The van der Waals surface area contributed by atoms with E-state index in [1.165, 1.54) is 24.2 Å². The molecule has 0 spiro atoms. The Kier molecular flexibility index (Phi) is 7.11. The fourth-order valence-corrected chi connectivity index (χ4v) is 2.47. The lowest BCUT2D eigenvalue weighted by Crippen LogP contribution is -2.30. The molecule has 2 heteroatoms. The Bertz CT molecular complexity index is 331. The Morgan fingerprint density at radius 2 is 1.37 bits per heavy atom. The van der Waals surface area contributed by atoms with E-state index >= 15 is 0 Å². The van der Waals surface area contributed by atoms with Gasteiger partial charge in [-0.25, -0.2) is 0 Å². The van der Waals surface area contributed by atoms with Gasteiger partial charge in [0, 0.05) is 19.6 Å². The highest BCUT2D eigenvalue weighted by Gasteiger charge is 2.10. The quantitative estimate of drug-likeness (QED) is 0.779. The Hall–Kier alpha value is -0.860. The predicted octanol–water partition coefficient (Wildman–Crippen LogP) is 3.30. The summed E-state index contributed by atoms with van der Waals surface area (Å²) in [5.41, 5.74) is 8.32. The zero-order chi connectivity index (χ0) is 14.3. The van der Waals surface area contributed by atoms with Crippen molar-refractivity contribution in [2.24, 2.45) is 17.6 Å². The van der Waals surface area contributed by atoms with Gasteiger partial charge >= 0.3 is 0 Å². The van der Waals surface area contributed by atoms with Crippen LogP contribution in [-0.4, -0.2) is 24.5 Å². The second-order valence-corrected chi connectivity index (χ2v) is 6.34. The Balaban J connectivity index is 2.61. The summed E-state index contributed by atoms with van der Waals surface area (Å²) in [6, 6.07) is 8.92. The van der Waals surface area contributed by atoms with Gasteiger partial charge in [-0.3, -0.25) is 4.90 Å². The van der Waals surface area contributed by atoms with Gasteiger partial charge < -0.3 is 5.73 Å². The Morgan fingerprint density at radius 3 is 1.79 bits per heavy atom. The molecule has 2 nitrogen and oxygen atoms in total. The molecule has 0 bridgehead atoms. The lowest BCUT2D eigenvalue weighted by atomic mass is 10.1. The highest BCUT2D eigenvalue weighted by atomic mass is 15.1. The highest BCUT2D eigenvalue weighted by Crippen LogP contribution is 2.11. The minimum Gasteiger partial charge on any atom is -0.330 e. The van der Waals surface area contributed by atoms with Crippen LogP contribution in [0.4, 0.5) is 0 Å². The standard InChI is InChI=1S/C17H30N2/c1-14(2)11-19(12-15(3)4)13-17-7-5-16(6-8-17)9-10-18/h5-8,14-15H,9-13,18H2,1-4H3. The monoisotopic (exact) mass is 262 g/mol. The molecule has 0 unspecified atom stereocenters. The first kappa shape index (κ1) is 16.2. The van der Waals surface area contributed by atoms with E-state index in [1.807, 2.05) is 0 Å². The average molecular weight is 262 g/mol. The number of rotatable bonds is 8. The summed E-state index contributed by atoms with van der Waals surface area (Å²) < 4.78 is 0. The van der Waals surface area contributed by atoms with Gasteiger partial charge in [-0.2, -0.15) is 0 Å². The van der Waals surface area contributed by atoms with Crippen molar-refractivity contribution in [2.45, 2.75) is 40.7 Å². The normalized spacial score (nSPS) is 11.8. The summed E-state index contributed by atoms with van der Waals surface area (Å²) in [7, 11) is 0. The molecule has 0 aromatic heterocycles. The summed E-state index contributed by atoms with van der Waals surface area (Å²) in [4.78, 5) is 2.56. The number of hydrogen-bond acceptors (Lipinski definition) is 2. The number of nitrogens with two attached hydrogens (primary N) is 1. The maximum atomic E-state index is 5.58. The smallest absolute Gasteiger partial charge is 0.0233 e. The largest absolute Gasteiger partial charge is 0.330 e. The van der Waals surface area contributed by atoms with E-state index < -0.39 is 0 Å². The summed E-state index contributed by atoms with van der Waals surface area (Å²) in [5, 5.41) is 0. The van der Waals surface area contributed by atoms with E-state index in [-0.39, 0.29) is 0 Å². The number of benzene rings is 1. The van der Waals surface area contributed by atoms with Crippen LogP contribution in [0.3, 0.4) is 0 Å². The van der Waals surface area contributed by atoms with Crippen LogP contribution in [0.25, 0.3) is 0 Å². The summed E-state index contributed by atoms with van der Waals surface area (Å²) in [6.45, 7) is 13.3. The molecule has 0 radical (unpaired) electrons. The van der Waals surface area contributed by atoms with Crippen LogP contribution in [-0.2, 0) is 13.0 Å². The molecule has 1 rings (SSSR count). The third-order valence-electron chi connectivity index (χ3n) is 3.11. The molecule has 108 valence electrons. The van der Waals surface area contributed by atoms with Gasteiger partial charge in [0.05, 0.1) is 0 Å². The van der Waals surface area contributed by atoms with Crippen molar-refractivity contribution < 1.29 is 0 Å². The van der Waals surface area contributed by atoms with E-state index in [9.17, 15) is 0 Å². The molecule has 0 aliphatic heterocycles. The van der Waals surface area contributed by atoms with E-state index in [4.69, 9.17) is 5.73 Å². The zero-order valence-electron chi connectivity index (χ0n) is 13.0. The van der Waals surface area contributed by atoms with Crippen LogP contribution in [0, 0.1) is 11.8 Å². The van der Waals surface area contributed by atoms with Crippen molar-refractivity contribution in [3.63, 3.8) is 0 Å². The molecular formula is C17H30N2. The summed E-state index contributed by atoms with van der Waals surface area (Å²) in [6.07, 6.45) is 0.974. The lowest BCUT2D eigenvalue weighted by Gasteiger charge is -2.26. The first-order valence-corrected chi connectivity index (χ1v) is 7.51. The van der Waals surface area contributed by atoms with Crippen LogP contribution < -0.4 is 5.73 Å². The number of hydrogen-bond donors (Lipinski definition) is 1. The fraction of sp³-hybridized carbons (Fsp3) is 0.647. The van der Waals surface area contributed by atoms with Crippen LogP contribution in [0.5, 0.6) is 0 Å². The van der Waals surface area contributed by atoms with Crippen LogP contribution in [0.2, 0.25) is 0 Å². The zero-order valence-corrected chi connectivity index (χ0v) is 13.0. The van der Waals surface area contributed by atoms with Crippen molar-refractivity contribution in [3.05, 3.63) is 35.4 Å². The second kappa shape index (κ2) is 8.34. The van der Waals surface area contributed by atoms with Crippen LogP contribution in [0.1, 0.15) is 38.8 Å². The van der Waals surface area contributed by atoms with E-state index in [0.29, 0.717) is 0 Å². The van der Waals surface area contributed by atoms with Gasteiger partial charge in [0.25, 0.3) is 0 Å². The summed E-state index contributed by atoms with van der Waals surface area (Å²) >= 11 is 0. The molecule has 0 aliphatic rings. The van der Waals surface area contributed by atoms with E-state index in [2.05, 4.69) is 56.9 Å². The topological polar surface area (TPSA) is 29.3 Å². The van der Waals surface area contributed by atoms with Gasteiger partial charge in [0.2, 0.25) is 0 Å². The minimum absolute atomic E-state index is 0.718. The van der Waals surface area contributed by atoms with E-state index in [0.717, 1.165) is 31.3 Å². The van der Waals surface area contributed by atoms with Crippen molar-refractivity contribution in [1.29, 1.82) is 0 Å². The first-order chi connectivity index (χ1) is 9.01. The van der Waals surface area contributed by atoms with Gasteiger partial charge in [0.1, 0.15) is 0 Å². The highest BCUT2D eigenvalue weighted by molar-refractivity contribution is 5.22. The van der Waals surface area contributed by atoms with Crippen LogP contribution >= 0.6 is 0 Å². The molecule has 0 saturated carbocycles. The molecule has 0 atom stereocenters. The van der Waals surface area contributed by atoms with Gasteiger partial charge in [-0.05, 0) is 35.9 Å². The van der Waals surface area contributed by atoms with E-state index in [1.54, 1.807) is 0 Å². The maximum Gasteiger partial charge on any atom is 0.0233 e. The second-order valence-electron chi connectivity index (χ2n) is 6.34. The first-order valence-electron chi connectivity index (χ1n) is 7.51. The third-order valence-corrected chi connectivity index (χ3v) is 3.11. The fourth-order valence-electron chi connectivity index (χ4n) is 2.47. The third kappa shape index (κ3) is 6.74. The van der Waals surface area contributed by atoms with Crippen molar-refractivity contribution in [1.82, 2.24) is 4.90 Å². The molecule has 1 aromatic rings. The van der Waals surface area contributed by atoms with Gasteiger partial charge in [-0.15, -0.1) is 0 Å². The van der Waals surface area contributed by atoms with Crippen LogP contribution in [0.15, 0.2) is 24.3 Å². The Labute approximate surface area is 119 Å². The Morgan fingerprint density at radius 1 is 0.895 bits per heavy atom. The molecule has 0 aliphatic carbocycles. The molecule has 0 saturated heterocycles. The molecule has 2 N–H and O–H groups in total. The summed E-state index contributed by atoms with van der Waals surface area (Å²) in [5.74, 6) is 1.44. The SMILES string of the molecule is CC(C)CN(Cc1ccc(CCN)cc1)CC(C)C.